The van der Waals surface area contributed by atoms with Crippen LogP contribution in [0, 0.1) is 0 Å². The van der Waals surface area contributed by atoms with E-state index in [1.807, 2.05) is 0 Å². The van der Waals surface area contributed by atoms with Crippen molar-refractivity contribution in [3.8, 4) is 0 Å². The summed E-state index contributed by atoms with van der Waals surface area (Å²) in [5.74, 6) is -1.55. The molecule has 1 fully saturated rings. The molecule has 0 amide bonds. The summed E-state index contributed by atoms with van der Waals surface area (Å²) >= 11 is 0. The molecule has 0 saturated carbocycles. The van der Waals surface area contributed by atoms with Crippen molar-refractivity contribution in [2.24, 2.45) is 0 Å². The Morgan fingerprint density at radius 1 is 1.11 bits per heavy atom. The maximum Gasteiger partial charge on any atom is 0.379 e. The summed E-state index contributed by atoms with van der Waals surface area (Å²) in [5, 5.41) is 18.6. The van der Waals surface area contributed by atoms with E-state index in [-0.39, 0.29) is 13.0 Å². The van der Waals surface area contributed by atoms with Gasteiger partial charge in [-0.05, 0) is 0 Å². The third-order valence-corrected chi connectivity index (χ3v) is 4.87. The lowest BCUT2D eigenvalue weighted by Crippen LogP contribution is -2.58. The van der Waals surface area contributed by atoms with Crippen molar-refractivity contribution in [3.05, 3.63) is 0 Å². The van der Waals surface area contributed by atoms with E-state index in [2.05, 4.69) is 0 Å². The number of hydrogen-bond acceptors (Lipinski definition) is 4. The number of hydrogen-bond donors (Lipinski definition) is 6. The molecule has 1 rings (SSSR count). The molecule has 112 valence electrons. The van der Waals surface area contributed by atoms with E-state index in [1.165, 1.54) is 0 Å². The molecule has 0 radical (unpaired) electrons. The van der Waals surface area contributed by atoms with Crippen LogP contribution in [0.25, 0.3) is 0 Å². The van der Waals surface area contributed by atoms with Gasteiger partial charge < -0.3 is 29.8 Å². The van der Waals surface area contributed by atoms with Crippen LogP contribution in [0.1, 0.15) is 6.42 Å². The minimum absolute atomic E-state index is 0.100. The highest BCUT2D eigenvalue weighted by Gasteiger charge is 2.57. The van der Waals surface area contributed by atoms with Crippen molar-refractivity contribution < 1.29 is 48.2 Å². The standard InChI is InChI=1S/C7H15NO9P2/c9-5-1-2-8(3-18(12,13)14,4-19(15,16)17)6(5)7(10)11/h5-6,9H,1-4H2,(H4-,10,11,12,13,14,15,16,17)/p+1/t5?,6-/m0/s1. The van der Waals surface area contributed by atoms with Crippen LogP contribution < -0.4 is 0 Å². The molecular formula is C7H16NO9P2+. The van der Waals surface area contributed by atoms with Gasteiger partial charge in [-0.3, -0.25) is 13.6 Å². The van der Waals surface area contributed by atoms with Crippen LogP contribution in [-0.4, -0.2) is 71.5 Å². The Balaban J connectivity index is 3.22. The van der Waals surface area contributed by atoms with Crippen LogP contribution in [0.15, 0.2) is 0 Å². The van der Waals surface area contributed by atoms with Crippen molar-refractivity contribution in [2.75, 3.05) is 19.1 Å². The summed E-state index contributed by atoms with van der Waals surface area (Å²) < 4.78 is 21.2. The molecule has 6 N–H and O–H groups in total. The Morgan fingerprint density at radius 2 is 1.53 bits per heavy atom. The Labute approximate surface area is 108 Å². The van der Waals surface area contributed by atoms with Gasteiger partial charge in [0.1, 0.15) is 6.10 Å². The van der Waals surface area contributed by atoms with Gasteiger partial charge in [0.25, 0.3) is 0 Å². The first kappa shape index (κ1) is 16.7. The van der Waals surface area contributed by atoms with Gasteiger partial charge in [-0.1, -0.05) is 0 Å². The highest BCUT2D eigenvalue weighted by atomic mass is 31.2. The number of likely N-dealkylation sites (tertiary alicyclic amines) is 1. The Hall–Kier alpha value is -0.310. The molecule has 10 nitrogen and oxygen atoms in total. The fourth-order valence-corrected chi connectivity index (χ4v) is 5.01. The Bertz CT molecular complexity index is 429. The van der Waals surface area contributed by atoms with Crippen molar-refractivity contribution in [1.82, 2.24) is 0 Å². The summed E-state index contributed by atoms with van der Waals surface area (Å²) in [7, 11) is -9.43. The second kappa shape index (κ2) is 5.23. The molecule has 0 spiro atoms. The number of quaternary nitrogens is 1. The van der Waals surface area contributed by atoms with E-state index >= 15 is 0 Å². The highest BCUT2D eigenvalue weighted by molar-refractivity contribution is 7.52. The van der Waals surface area contributed by atoms with Crippen LogP contribution in [0.2, 0.25) is 0 Å². The van der Waals surface area contributed by atoms with Gasteiger partial charge in [0, 0.05) is 6.42 Å². The van der Waals surface area contributed by atoms with Crippen LogP contribution in [0.5, 0.6) is 0 Å². The molecule has 2 atom stereocenters. The Morgan fingerprint density at radius 3 is 1.84 bits per heavy atom. The minimum atomic E-state index is -4.72. The largest absolute Gasteiger partial charge is 0.477 e. The highest BCUT2D eigenvalue weighted by Crippen LogP contribution is 2.48. The van der Waals surface area contributed by atoms with Crippen molar-refractivity contribution >= 4 is 21.2 Å². The van der Waals surface area contributed by atoms with Crippen LogP contribution in [0.3, 0.4) is 0 Å². The van der Waals surface area contributed by atoms with Crippen molar-refractivity contribution in [1.29, 1.82) is 0 Å². The summed E-state index contributed by atoms with van der Waals surface area (Å²) in [4.78, 5) is 47.1. The minimum Gasteiger partial charge on any atom is -0.477 e. The normalized spacial score (nSPS) is 27.4. The van der Waals surface area contributed by atoms with Gasteiger partial charge in [-0.25, -0.2) is 4.79 Å². The van der Waals surface area contributed by atoms with Gasteiger partial charge in [0.15, 0.2) is 12.6 Å². The molecule has 0 aromatic carbocycles. The number of rotatable bonds is 5. The molecular weight excluding hydrogens is 304 g/mol. The second-order valence-electron chi connectivity index (χ2n) is 4.69. The van der Waals surface area contributed by atoms with E-state index in [0.717, 1.165) is 0 Å². The van der Waals surface area contributed by atoms with Gasteiger partial charge in [0.2, 0.25) is 6.04 Å². The van der Waals surface area contributed by atoms with Crippen LogP contribution >= 0.6 is 15.2 Å². The molecule has 0 aromatic heterocycles. The smallest absolute Gasteiger partial charge is 0.379 e. The number of aliphatic carboxylic acids is 1. The van der Waals surface area contributed by atoms with Gasteiger partial charge in [0.05, 0.1) is 6.54 Å². The zero-order chi connectivity index (χ0) is 15.1. The lowest BCUT2D eigenvalue weighted by atomic mass is 10.1. The zero-order valence-corrected chi connectivity index (χ0v) is 11.5. The predicted molar refractivity (Wildman–Crippen MR) is 61.0 cm³/mol. The molecule has 12 heteroatoms. The first-order valence-electron chi connectivity index (χ1n) is 5.22. The van der Waals surface area contributed by atoms with Crippen molar-refractivity contribution in [2.45, 2.75) is 18.6 Å². The number of carboxylic acids is 1. The monoisotopic (exact) mass is 320 g/mol. The van der Waals surface area contributed by atoms with Crippen LogP contribution in [-0.2, 0) is 13.9 Å². The van der Waals surface area contributed by atoms with E-state index in [4.69, 9.17) is 24.7 Å². The number of carbonyl (C=O) groups is 1. The topological polar surface area (TPSA) is 173 Å². The summed E-state index contributed by atoms with van der Waals surface area (Å²) in [6.45, 7) is -0.228. The number of aliphatic hydroxyl groups is 1. The summed E-state index contributed by atoms with van der Waals surface area (Å²) in [5.41, 5.74) is 0. The third kappa shape index (κ3) is 4.34. The first-order valence-corrected chi connectivity index (χ1v) is 8.82. The van der Waals surface area contributed by atoms with Gasteiger partial charge in [-0.15, -0.1) is 0 Å². The van der Waals surface area contributed by atoms with E-state index in [9.17, 15) is 19.0 Å². The Kier molecular flexibility index (Phi) is 4.61. The molecule has 1 unspecified atom stereocenters. The molecule has 1 aliphatic heterocycles. The zero-order valence-electron chi connectivity index (χ0n) is 9.73. The SMILES string of the molecule is O=C(O)[C@@H]1C(O)CC[N+]1(CP(=O)(O)O)CP(=O)(O)O. The second-order valence-corrected chi connectivity index (χ2v) is 7.92. The lowest BCUT2D eigenvalue weighted by Gasteiger charge is -2.38. The molecule has 0 aliphatic carbocycles. The fourth-order valence-electron chi connectivity index (χ4n) is 2.55. The molecule has 1 saturated heterocycles. The molecule has 0 aromatic rings. The average molecular weight is 320 g/mol. The first-order chi connectivity index (χ1) is 8.36. The third-order valence-electron chi connectivity index (χ3n) is 3.01. The fraction of sp³-hybridized carbons (Fsp3) is 0.857. The van der Waals surface area contributed by atoms with E-state index in [1.54, 1.807) is 0 Å². The molecule has 1 heterocycles. The number of nitrogens with zero attached hydrogens (tertiary/aromatic N) is 1. The predicted octanol–water partition coefficient (Wildman–Crippen LogP) is -1.71. The molecule has 0 bridgehead atoms. The number of carboxylic acid groups (broad SMARTS) is 1. The van der Waals surface area contributed by atoms with Gasteiger partial charge >= 0.3 is 21.2 Å². The van der Waals surface area contributed by atoms with Gasteiger partial charge in [-0.2, -0.15) is 0 Å². The molecule has 1 aliphatic rings. The maximum absolute atomic E-state index is 11.1. The number of aliphatic hydroxyl groups excluding tert-OH is 1. The van der Waals surface area contributed by atoms with E-state index in [0.29, 0.717) is 0 Å². The van der Waals surface area contributed by atoms with Crippen molar-refractivity contribution in [3.63, 3.8) is 0 Å². The lowest BCUT2D eigenvalue weighted by molar-refractivity contribution is -0.913. The molecule has 19 heavy (non-hydrogen) atoms. The van der Waals surface area contributed by atoms with Crippen LogP contribution in [0.4, 0.5) is 0 Å². The maximum atomic E-state index is 11.1. The quantitative estimate of drug-likeness (QED) is 0.255. The summed E-state index contributed by atoms with van der Waals surface area (Å²) in [6, 6.07) is -1.67. The summed E-state index contributed by atoms with van der Waals surface area (Å²) in [6.07, 6.45) is -3.58. The average Bonchev–Trinajstić information content (AvgIpc) is 2.35. The van der Waals surface area contributed by atoms with E-state index < -0.39 is 50.4 Å².